The maximum Gasteiger partial charge on any atom is 0.416 e. The van der Waals surface area contributed by atoms with Gasteiger partial charge in [0.2, 0.25) is 0 Å². The van der Waals surface area contributed by atoms with Crippen LogP contribution in [0, 0.1) is 10.1 Å². The summed E-state index contributed by atoms with van der Waals surface area (Å²) in [6, 6.07) is 2.63. The normalized spacial score (nSPS) is 18.5. The molecule has 5 nitrogen and oxygen atoms in total. The topological polar surface area (TPSA) is 55.6 Å². The zero-order valence-electron chi connectivity index (χ0n) is 12.1. The van der Waals surface area contributed by atoms with Crippen molar-refractivity contribution >= 4 is 11.4 Å². The molecule has 2 rings (SSSR count). The quantitative estimate of drug-likeness (QED) is 0.614. The third kappa shape index (κ3) is 3.68. The van der Waals surface area contributed by atoms with Crippen LogP contribution in [0.2, 0.25) is 0 Å². The lowest BCUT2D eigenvalue weighted by Crippen LogP contribution is -2.32. The SMILES string of the molecule is CCN(CC1CCCO1)c1ccc(C(F)(F)F)cc1[N+](=O)[O-]. The predicted octanol–water partition coefficient (Wildman–Crippen LogP) is 3.62. The van der Waals surface area contributed by atoms with E-state index in [4.69, 9.17) is 4.74 Å². The number of benzene rings is 1. The van der Waals surface area contributed by atoms with Crippen molar-refractivity contribution in [2.75, 3.05) is 24.6 Å². The number of anilines is 1. The fourth-order valence-corrected chi connectivity index (χ4v) is 2.55. The Morgan fingerprint density at radius 3 is 2.68 bits per heavy atom. The number of halogens is 3. The molecule has 1 heterocycles. The van der Waals surface area contributed by atoms with E-state index in [-0.39, 0.29) is 11.8 Å². The zero-order valence-corrected chi connectivity index (χ0v) is 12.1. The summed E-state index contributed by atoms with van der Waals surface area (Å²) in [7, 11) is 0. The van der Waals surface area contributed by atoms with Crippen LogP contribution in [0.1, 0.15) is 25.3 Å². The fraction of sp³-hybridized carbons (Fsp3) is 0.571. The van der Waals surface area contributed by atoms with Gasteiger partial charge in [0, 0.05) is 25.8 Å². The van der Waals surface area contributed by atoms with Crippen LogP contribution in [0.5, 0.6) is 0 Å². The molecular weight excluding hydrogens is 301 g/mol. The van der Waals surface area contributed by atoms with E-state index in [0.717, 1.165) is 18.9 Å². The molecule has 1 unspecified atom stereocenters. The molecule has 22 heavy (non-hydrogen) atoms. The first-order valence-corrected chi connectivity index (χ1v) is 7.05. The molecule has 0 N–H and O–H groups in total. The molecule has 1 aliphatic heterocycles. The van der Waals surface area contributed by atoms with E-state index in [9.17, 15) is 23.3 Å². The van der Waals surface area contributed by atoms with Crippen LogP contribution < -0.4 is 4.90 Å². The Kier molecular flexibility index (Phi) is 4.90. The third-order valence-electron chi connectivity index (χ3n) is 3.67. The summed E-state index contributed by atoms with van der Waals surface area (Å²) in [6.45, 7) is 3.34. The van der Waals surface area contributed by atoms with Crippen LogP contribution in [-0.2, 0) is 10.9 Å². The number of hydrogen-bond donors (Lipinski definition) is 0. The van der Waals surface area contributed by atoms with Gasteiger partial charge < -0.3 is 9.64 Å². The number of nitro benzene ring substituents is 1. The lowest BCUT2D eigenvalue weighted by molar-refractivity contribution is -0.384. The highest BCUT2D eigenvalue weighted by molar-refractivity contribution is 5.64. The Morgan fingerprint density at radius 2 is 2.18 bits per heavy atom. The molecule has 0 radical (unpaired) electrons. The van der Waals surface area contributed by atoms with Crippen LogP contribution in [0.4, 0.5) is 24.5 Å². The molecule has 1 aliphatic rings. The molecule has 1 saturated heterocycles. The first kappa shape index (κ1) is 16.5. The maximum absolute atomic E-state index is 12.7. The minimum atomic E-state index is -4.60. The van der Waals surface area contributed by atoms with Crippen LogP contribution in [0.15, 0.2) is 18.2 Å². The maximum atomic E-state index is 12.7. The number of nitro groups is 1. The van der Waals surface area contributed by atoms with E-state index in [1.807, 2.05) is 0 Å². The van der Waals surface area contributed by atoms with Crippen molar-refractivity contribution in [1.29, 1.82) is 0 Å². The van der Waals surface area contributed by atoms with Crippen molar-refractivity contribution in [2.45, 2.75) is 32.0 Å². The second kappa shape index (κ2) is 6.51. The number of hydrogen-bond acceptors (Lipinski definition) is 4. The van der Waals surface area contributed by atoms with Crippen LogP contribution in [-0.4, -0.2) is 30.7 Å². The van der Waals surface area contributed by atoms with Crippen molar-refractivity contribution in [3.63, 3.8) is 0 Å². The van der Waals surface area contributed by atoms with E-state index in [1.54, 1.807) is 11.8 Å². The summed E-state index contributed by atoms with van der Waals surface area (Å²) in [5, 5.41) is 11.1. The lowest BCUT2D eigenvalue weighted by Gasteiger charge is -2.26. The van der Waals surface area contributed by atoms with Gasteiger partial charge in [0.15, 0.2) is 0 Å². The van der Waals surface area contributed by atoms with Crippen molar-refractivity contribution < 1.29 is 22.8 Å². The number of alkyl halides is 3. The molecule has 0 aliphatic carbocycles. The van der Waals surface area contributed by atoms with Crippen molar-refractivity contribution in [1.82, 2.24) is 0 Å². The minimum absolute atomic E-state index is 0.0400. The summed E-state index contributed by atoms with van der Waals surface area (Å²) >= 11 is 0. The molecule has 1 fully saturated rings. The Morgan fingerprint density at radius 1 is 1.45 bits per heavy atom. The van der Waals surface area contributed by atoms with Gasteiger partial charge in [-0.05, 0) is 31.9 Å². The molecule has 0 amide bonds. The highest BCUT2D eigenvalue weighted by Gasteiger charge is 2.34. The van der Waals surface area contributed by atoms with Crippen molar-refractivity contribution in [3.05, 3.63) is 33.9 Å². The standard InChI is InChI=1S/C14H17F3N2O3/c1-2-18(9-11-4-3-7-22-11)12-6-5-10(14(15,16)17)8-13(12)19(20)21/h5-6,8,11H,2-4,7,9H2,1H3. The second-order valence-corrected chi connectivity index (χ2v) is 5.13. The molecule has 0 bridgehead atoms. The van der Waals surface area contributed by atoms with Gasteiger partial charge in [-0.2, -0.15) is 13.2 Å². The zero-order chi connectivity index (χ0) is 16.3. The highest BCUT2D eigenvalue weighted by atomic mass is 19.4. The largest absolute Gasteiger partial charge is 0.416 e. The van der Waals surface area contributed by atoms with Gasteiger partial charge in [0.1, 0.15) is 5.69 Å². The average Bonchev–Trinajstić information content (AvgIpc) is 2.96. The Balaban J connectivity index is 2.32. The fourth-order valence-electron chi connectivity index (χ4n) is 2.55. The van der Waals surface area contributed by atoms with E-state index < -0.39 is 22.4 Å². The molecule has 122 valence electrons. The van der Waals surface area contributed by atoms with Gasteiger partial charge in [-0.15, -0.1) is 0 Å². The van der Waals surface area contributed by atoms with Crippen LogP contribution in [0.3, 0.4) is 0 Å². The van der Waals surface area contributed by atoms with E-state index in [1.165, 1.54) is 6.07 Å². The number of likely N-dealkylation sites (N-methyl/N-ethyl adjacent to an activating group) is 1. The van der Waals surface area contributed by atoms with Gasteiger partial charge >= 0.3 is 6.18 Å². The predicted molar refractivity (Wildman–Crippen MR) is 75.0 cm³/mol. The monoisotopic (exact) mass is 318 g/mol. The molecule has 1 aromatic rings. The van der Waals surface area contributed by atoms with Gasteiger partial charge in [-0.1, -0.05) is 0 Å². The van der Waals surface area contributed by atoms with E-state index in [2.05, 4.69) is 0 Å². The second-order valence-electron chi connectivity index (χ2n) is 5.13. The Labute approximate surface area is 125 Å². The molecule has 0 saturated carbocycles. The first-order chi connectivity index (χ1) is 10.3. The Hall–Kier alpha value is -1.83. The van der Waals surface area contributed by atoms with Gasteiger partial charge in [0.25, 0.3) is 5.69 Å². The van der Waals surface area contributed by atoms with Crippen molar-refractivity contribution in [3.8, 4) is 0 Å². The number of rotatable bonds is 5. The van der Waals surface area contributed by atoms with Gasteiger partial charge in [-0.25, -0.2) is 0 Å². The molecule has 0 spiro atoms. The molecule has 8 heteroatoms. The lowest BCUT2D eigenvalue weighted by atomic mass is 10.1. The molecule has 1 atom stereocenters. The minimum Gasteiger partial charge on any atom is -0.376 e. The van der Waals surface area contributed by atoms with Crippen LogP contribution >= 0.6 is 0 Å². The van der Waals surface area contributed by atoms with Gasteiger partial charge in [-0.3, -0.25) is 10.1 Å². The number of ether oxygens (including phenoxy) is 1. The summed E-state index contributed by atoms with van der Waals surface area (Å²) in [5.74, 6) is 0. The van der Waals surface area contributed by atoms with Crippen molar-refractivity contribution in [2.24, 2.45) is 0 Å². The van der Waals surface area contributed by atoms with Gasteiger partial charge in [0.05, 0.1) is 16.6 Å². The number of nitrogens with zero attached hydrogens (tertiary/aromatic N) is 2. The third-order valence-corrected chi connectivity index (χ3v) is 3.67. The highest BCUT2D eigenvalue weighted by Crippen LogP contribution is 2.36. The smallest absolute Gasteiger partial charge is 0.376 e. The van der Waals surface area contributed by atoms with E-state index >= 15 is 0 Å². The molecule has 1 aromatic carbocycles. The average molecular weight is 318 g/mol. The summed E-state index contributed by atoms with van der Waals surface area (Å²) in [4.78, 5) is 12.1. The van der Waals surface area contributed by atoms with E-state index in [0.29, 0.717) is 25.8 Å². The van der Waals surface area contributed by atoms with Crippen LogP contribution in [0.25, 0.3) is 0 Å². The first-order valence-electron chi connectivity index (χ1n) is 7.05. The molecular formula is C14H17F3N2O3. The Bertz CT molecular complexity index is 543. The summed E-state index contributed by atoms with van der Waals surface area (Å²) < 4.78 is 43.6. The summed E-state index contributed by atoms with van der Waals surface area (Å²) in [5.41, 5.74) is -1.36. The summed E-state index contributed by atoms with van der Waals surface area (Å²) in [6.07, 6.45) is -2.86. The molecule has 0 aromatic heterocycles.